The number of halogens is 2. The van der Waals surface area contributed by atoms with Crippen molar-refractivity contribution in [3.8, 4) is 0 Å². The van der Waals surface area contributed by atoms with Crippen LogP contribution in [0.3, 0.4) is 0 Å². The normalized spacial score (nSPS) is 13.8. The van der Waals surface area contributed by atoms with E-state index in [-0.39, 0.29) is 24.0 Å². The summed E-state index contributed by atoms with van der Waals surface area (Å²) in [5.41, 5.74) is 1.12. The largest absolute Gasteiger partial charge is 0.384 e. The Balaban J connectivity index is 0.00000288. The van der Waals surface area contributed by atoms with Gasteiger partial charge in [0.25, 0.3) is 0 Å². The van der Waals surface area contributed by atoms with Crippen molar-refractivity contribution in [2.75, 3.05) is 13.1 Å². The fourth-order valence-electron chi connectivity index (χ4n) is 2.08. The standard InChI is InChI=1S/C17H22BrN3OS.HI/c1-3-19-16(20-10-13-5-4-6-15(18)9-13)21-12-17(2,22)14-7-8-23-11-14;/h4-9,11,22H,3,10,12H2,1-2H3,(H2,19,20,21);1H. The quantitative estimate of drug-likeness (QED) is 0.303. The molecule has 1 atom stereocenters. The summed E-state index contributed by atoms with van der Waals surface area (Å²) < 4.78 is 1.04. The van der Waals surface area contributed by atoms with Crippen LogP contribution in [0.4, 0.5) is 0 Å². The van der Waals surface area contributed by atoms with E-state index in [1.165, 1.54) is 0 Å². The minimum absolute atomic E-state index is 0. The van der Waals surface area contributed by atoms with Crippen LogP contribution in [-0.2, 0) is 12.1 Å². The fraction of sp³-hybridized carbons (Fsp3) is 0.353. The zero-order valence-electron chi connectivity index (χ0n) is 13.8. The molecule has 1 aromatic carbocycles. The topological polar surface area (TPSA) is 56.7 Å². The molecule has 0 aliphatic carbocycles. The van der Waals surface area contributed by atoms with Gasteiger partial charge in [-0.2, -0.15) is 11.3 Å². The molecule has 1 heterocycles. The first-order chi connectivity index (χ1) is 11.0. The molecule has 2 aromatic rings. The van der Waals surface area contributed by atoms with Crippen molar-refractivity contribution in [2.24, 2.45) is 4.99 Å². The third kappa shape index (κ3) is 6.70. The molecule has 24 heavy (non-hydrogen) atoms. The van der Waals surface area contributed by atoms with Crippen molar-refractivity contribution in [1.82, 2.24) is 10.6 Å². The average Bonchev–Trinajstić information content (AvgIpc) is 3.05. The van der Waals surface area contributed by atoms with Crippen molar-refractivity contribution in [1.29, 1.82) is 0 Å². The highest BCUT2D eigenvalue weighted by molar-refractivity contribution is 14.0. The van der Waals surface area contributed by atoms with Gasteiger partial charge in [-0.3, -0.25) is 0 Å². The van der Waals surface area contributed by atoms with Gasteiger partial charge in [0.2, 0.25) is 0 Å². The summed E-state index contributed by atoms with van der Waals surface area (Å²) in [7, 11) is 0. The van der Waals surface area contributed by atoms with E-state index in [4.69, 9.17) is 0 Å². The summed E-state index contributed by atoms with van der Waals surface area (Å²) in [5.74, 6) is 0.697. The Morgan fingerprint density at radius 2 is 2.12 bits per heavy atom. The van der Waals surface area contributed by atoms with E-state index in [9.17, 15) is 5.11 Å². The number of hydrogen-bond donors (Lipinski definition) is 3. The third-order valence-corrected chi connectivity index (χ3v) is 4.57. The molecule has 0 saturated heterocycles. The minimum atomic E-state index is -0.925. The number of guanidine groups is 1. The highest BCUT2D eigenvalue weighted by Gasteiger charge is 2.23. The number of aliphatic imine (C=N–C) groups is 1. The summed E-state index contributed by atoms with van der Waals surface area (Å²) in [6.45, 7) is 5.57. The second-order valence-electron chi connectivity index (χ2n) is 5.46. The molecule has 0 saturated carbocycles. The highest BCUT2D eigenvalue weighted by atomic mass is 127. The average molecular weight is 524 g/mol. The molecule has 7 heteroatoms. The lowest BCUT2D eigenvalue weighted by atomic mass is 9.99. The van der Waals surface area contributed by atoms with Gasteiger partial charge in [-0.25, -0.2) is 4.99 Å². The molecule has 0 aliphatic rings. The second kappa shape index (κ2) is 10.4. The number of rotatable bonds is 6. The number of nitrogens with zero attached hydrogens (tertiary/aromatic N) is 1. The van der Waals surface area contributed by atoms with E-state index in [0.717, 1.165) is 22.1 Å². The van der Waals surface area contributed by atoms with Crippen LogP contribution in [0.5, 0.6) is 0 Å². The Kier molecular flexibility index (Phi) is 9.25. The highest BCUT2D eigenvalue weighted by Crippen LogP contribution is 2.22. The van der Waals surface area contributed by atoms with E-state index < -0.39 is 5.60 Å². The number of hydrogen-bond acceptors (Lipinski definition) is 3. The fourth-order valence-corrected chi connectivity index (χ4v) is 3.31. The van der Waals surface area contributed by atoms with E-state index >= 15 is 0 Å². The number of thiophene rings is 1. The first-order valence-electron chi connectivity index (χ1n) is 7.53. The Labute approximate surface area is 172 Å². The van der Waals surface area contributed by atoms with E-state index in [1.54, 1.807) is 18.3 Å². The Morgan fingerprint density at radius 1 is 1.33 bits per heavy atom. The molecule has 0 spiro atoms. The van der Waals surface area contributed by atoms with Crippen LogP contribution in [0.25, 0.3) is 0 Å². The molecule has 4 nitrogen and oxygen atoms in total. The minimum Gasteiger partial charge on any atom is -0.384 e. The summed E-state index contributed by atoms with van der Waals surface area (Å²) in [6, 6.07) is 10.0. The van der Waals surface area contributed by atoms with Crippen molar-refractivity contribution in [3.05, 3.63) is 56.7 Å². The molecule has 3 N–H and O–H groups in total. The van der Waals surface area contributed by atoms with Gasteiger partial charge in [0.1, 0.15) is 5.60 Å². The van der Waals surface area contributed by atoms with E-state index in [1.807, 2.05) is 41.9 Å². The molecule has 0 fully saturated rings. The maximum atomic E-state index is 10.6. The predicted octanol–water partition coefficient (Wildman–Crippen LogP) is 4.09. The smallest absolute Gasteiger partial charge is 0.191 e. The number of nitrogens with one attached hydrogen (secondary N) is 2. The molecule has 0 radical (unpaired) electrons. The van der Waals surface area contributed by atoms with Gasteiger partial charge in [-0.05, 0) is 53.9 Å². The monoisotopic (exact) mass is 523 g/mol. The molecule has 0 aliphatic heterocycles. The van der Waals surface area contributed by atoms with Crippen LogP contribution in [0, 0.1) is 0 Å². The Bertz CT molecular complexity index is 647. The van der Waals surface area contributed by atoms with Gasteiger partial charge < -0.3 is 15.7 Å². The second-order valence-corrected chi connectivity index (χ2v) is 7.16. The molecule has 132 valence electrons. The molecule has 0 bridgehead atoms. The summed E-state index contributed by atoms with van der Waals surface area (Å²) in [4.78, 5) is 4.57. The zero-order valence-corrected chi connectivity index (χ0v) is 18.5. The van der Waals surface area contributed by atoms with Crippen molar-refractivity contribution in [3.63, 3.8) is 0 Å². The summed E-state index contributed by atoms with van der Waals surface area (Å²) in [6.07, 6.45) is 0. The number of aliphatic hydroxyl groups is 1. The number of benzene rings is 1. The van der Waals surface area contributed by atoms with Gasteiger partial charge in [0, 0.05) is 11.0 Å². The Morgan fingerprint density at radius 3 is 2.75 bits per heavy atom. The van der Waals surface area contributed by atoms with Gasteiger partial charge >= 0.3 is 0 Å². The van der Waals surface area contributed by atoms with Gasteiger partial charge in [0.05, 0.1) is 13.1 Å². The molecule has 2 rings (SSSR count). The first-order valence-corrected chi connectivity index (χ1v) is 9.26. The molecular formula is C17H23BrIN3OS. The summed E-state index contributed by atoms with van der Waals surface area (Å²) in [5, 5.41) is 20.9. The van der Waals surface area contributed by atoms with Crippen LogP contribution >= 0.6 is 51.2 Å². The van der Waals surface area contributed by atoms with Gasteiger partial charge in [-0.1, -0.05) is 28.1 Å². The van der Waals surface area contributed by atoms with Crippen molar-refractivity contribution >= 4 is 57.2 Å². The van der Waals surface area contributed by atoms with Crippen LogP contribution < -0.4 is 10.6 Å². The van der Waals surface area contributed by atoms with Crippen LogP contribution in [0.1, 0.15) is 25.0 Å². The maximum Gasteiger partial charge on any atom is 0.191 e. The van der Waals surface area contributed by atoms with E-state index in [0.29, 0.717) is 19.0 Å². The maximum absolute atomic E-state index is 10.6. The lowest BCUT2D eigenvalue weighted by Crippen LogP contribution is -2.44. The lowest BCUT2D eigenvalue weighted by molar-refractivity contribution is 0.0621. The van der Waals surface area contributed by atoms with Crippen LogP contribution in [-0.4, -0.2) is 24.2 Å². The molecular weight excluding hydrogens is 501 g/mol. The van der Waals surface area contributed by atoms with Crippen molar-refractivity contribution < 1.29 is 5.11 Å². The Hall–Kier alpha value is -0.640. The molecule has 1 unspecified atom stereocenters. The van der Waals surface area contributed by atoms with Gasteiger partial charge in [-0.15, -0.1) is 24.0 Å². The molecule has 1 aromatic heterocycles. The SMILES string of the molecule is CCNC(=NCc1cccc(Br)c1)NCC(C)(O)c1ccsc1.I. The van der Waals surface area contributed by atoms with Gasteiger partial charge in [0.15, 0.2) is 5.96 Å². The van der Waals surface area contributed by atoms with Crippen LogP contribution in [0.15, 0.2) is 50.6 Å². The lowest BCUT2D eigenvalue weighted by Gasteiger charge is -2.24. The third-order valence-electron chi connectivity index (χ3n) is 3.40. The van der Waals surface area contributed by atoms with Crippen molar-refractivity contribution in [2.45, 2.75) is 26.0 Å². The zero-order chi connectivity index (χ0) is 16.7. The first kappa shape index (κ1) is 21.4. The molecule has 0 amide bonds. The van der Waals surface area contributed by atoms with E-state index in [2.05, 4.69) is 37.6 Å². The summed E-state index contributed by atoms with van der Waals surface area (Å²) >= 11 is 5.05. The van der Waals surface area contributed by atoms with Crippen LogP contribution in [0.2, 0.25) is 0 Å². The predicted molar refractivity (Wildman–Crippen MR) is 116 cm³/mol.